The Morgan fingerprint density at radius 1 is 1.20 bits per heavy atom. The zero-order valence-electron chi connectivity index (χ0n) is 11.7. The Labute approximate surface area is 118 Å². The smallest absolute Gasteiger partial charge is 0.243 e. The first-order valence-corrected chi connectivity index (χ1v) is 7.20. The summed E-state index contributed by atoms with van der Waals surface area (Å²) in [6.07, 6.45) is 3.83. The Morgan fingerprint density at radius 2 is 1.90 bits per heavy atom. The first-order valence-electron chi connectivity index (χ1n) is 7.20. The average Bonchev–Trinajstić information content (AvgIpc) is 2.48. The van der Waals surface area contributed by atoms with Crippen molar-refractivity contribution in [1.29, 1.82) is 0 Å². The molecule has 0 amide bonds. The van der Waals surface area contributed by atoms with Gasteiger partial charge in [0.15, 0.2) is 0 Å². The lowest BCUT2D eigenvalue weighted by molar-refractivity contribution is 0.00487. The average molecular weight is 272 g/mol. The topological polar surface area (TPSA) is 70.9 Å². The van der Waals surface area contributed by atoms with E-state index in [4.69, 9.17) is 0 Å². The van der Waals surface area contributed by atoms with Crippen LogP contribution in [0.1, 0.15) is 32.6 Å². The number of nitrogens with zero attached hydrogens (tertiary/aromatic N) is 3. The third-order valence-electron chi connectivity index (χ3n) is 4.14. The molecular formula is C15H20N4O. The molecule has 106 valence electrons. The molecule has 0 atom stereocenters. The Bertz CT molecular complexity index is 593. The molecule has 1 aliphatic rings. The van der Waals surface area contributed by atoms with Crippen LogP contribution in [-0.4, -0.2) is 32.4 Å². The van der Waals surface area contributed by atoms with Gasteiger partial charge in [0.05, 0.1) is 11.1 Å². The summed E-state index contributed by atoms with van der Waals surface area (Å²) < 4.78 is 0. The summed E-state index contributed by atoms with van der Waals surface area (Å²) in [5.41, 5.74) is 0.958. The number of aliphatic hydroxyl groups is 1. The number of para-hydroxylation sites is 1. The van der Waals surface area contributed by atoms with Crippen molar-refractivity contribution in [3.63, 3.8) is 0 Å². The fraction of sp³-hybridized carbons (Fsp3) is 0.533. The number of aromatic nitrogens is 3. The fourth-order valence-corrected chi connectivity index (χ4v) is 2.68. The van der Waals surface area contributed by atoms with Gasteiger partial charge in [0.2, 0.25) is 5.95 Å². The molecule has 0 bridgehead atoms. The second-order valence-corrected chi connectivity index (χ2v) is 5.88. The van der Waals surface area contributed by atoms with Crippen molar-refractivity contribution < 1.29 is 5.11 Å². The number of hydrogen-bond acceptors (Lipinski definition) is 5. The van der Waals surface area contributed by atoms with E-state index in [0.29, 0.717) is 18.4 Å². The minimum Gasteiger partial charge on any atom is -0.388 e. The van der Waals surface area contributed by atoms with Gasteiger partial charge in [-0.25, -0.2) is 4.98 Å². The number of benzene rings is 1. The van der Waals surface area contributed by atoms with Crippen LogP contribution in [-0.2, 0) is 0 Å². The lowest BCUT2D eigenvalue weighted by Gasteiger charge is -2.34. The van der Waals surface area contributed by atoms with Gasteiger partial charge in [-0.1, -0.05) is 19.1 Å². The van der Waals surface area contributed by atoms with Gasteiger partial charge in [-0.15, -0.1) is 10.2 Å². The van der Waals surface area contributed by atoms with Crippen molar-refractivity contribution >= 4 is 17.0 Å². The molecular weight excluding hydrogens is 252 g/mol. The summed E-state index contributed by atoms with van der Waals surface area (Å²) in [5, 5.41) is 21.8. The first kappa shape index (κ1) is 13.2. The molecule has 0 spiro atoms. The highest BCUT2D eigenvalue weighted by Gasteiger charge is 2.31. The van der Waals surface area contributed by atoms with E-state index < -0.39 is 5.60 Å². The quantitative estimate of drug-likeness (QED) is 0.897. The lowest BCUT2D eigenvalue weighted by atomic mass is 9.79. The molecule has 0 saturated heterocycles. The molecule has 1 aliphatic carbocycles. The molecule has 2 N–H and O–H groups in total. The Morgan fingerprint density at radius 3 is 2.65 bits per heavy atom. The van der Waals surface area contributed by atoms with E-state index in [-0.39, 0.29) is 0 Å². The molecule has 3 rings (SSSR count). The summed E-state index contributed by atoms with van der Waals surface area (Å²) in [4.78, 5) is 4.41. The van der Waals surface area contributed by atoms with E-state index in [2.05, 4.69) is 27.4 Å². The summed E-state index contributed by atoms with van der Waals surface area (Å²) >= 11 is 0. The van der Waals surface area contributed by atoms with Crippen molar-refractivity contribution in [2.24, 2.45) is 5.92 Å². The lowest BCUT2D eigenvalue weighted by Crippen LogP contribution is -2.40. The third-order valence-corrected chi connectivity index (χ3v) is 4.14. The van der Waals surface area contributed by atoms with Gasteiger partial charge < -0.3 is 10.4 Å². The Balaban J connectivity index is 1.67. The van der Waals surface area contributed by atoms with E-state index in [1.54, 1.807) is 0 Å². The van der Waals surface area contributed by atoms with Crippen molar-refractivity contribution in [3.05, 3.63) is 24.3 Å². The standard InChI is InChI=1S/C15H20N4O/c1-11-6-8-15(20,9-7-11)10-16-14-17-12-4-2-3-5-13(12)18-19-14/h2-5,11,20H,6-10H2,1H3,(H,16,17,19). The molecule has 0 radical (unpaired) electrons. The highest BCUT2D eigenvalue weighted by molar-refractivity contribution is 5.73. The summed E-state index contributed by atoms with van der Waals surface area (Å²) in [7, 11) is 0. The molecule has 2 aromatic rings. The molecule has 20 heavy (non-hydrogen) atoms. The minimum atomic E-state index is -0.637. The van der Waals surface area contributed by atoms with E-state index in [1.165, 1.54) is 0 Å². The molecule has 1 saturated carbocycles. The molecule has 0 unspecified atom stereocenters. The molecule has 1 aromatic heterocycles. The first-order chi connectivity index (χ1) is 9.65. The Hall–Kier alpha value is -1.75. The highest BCUT2D eigenvalue weighted by Crippen LogP contribution is 2.31. The molecule has 1 heterocycles. The summed E-state index contributed by atoms with van der Waals surface area (Å²) in [5.74, 6) is 1.20. The van der Waals surface area contributed by atoms with E-state index >= 15 is 0 Å². The highest BCUT2D eigenvalue weighted by atomic mass is 16.3. The molecule has 0 aliphatic heterocycles. The minimum absolute atomic E-state index is 0.482. The largest absolute Gasteiger partial charge is 0.388 e. The van der Waals surface area contributed by atoms with Crippen LogP contribution in [0, 0.1) is 5.92 Å². The van der Waals surface area contributed by atoms with Crippen molar-refractivity contribution in [3.8, 4) is 0 Å². The SMILES string of the molecule is CC1CCC(O)(CNc2nnc3ccccc3n2)CC1. The van der Waals surface area contributed by atoms with Gasteiger partial charge in [-0.2, -0.15) is 0 Å². The van der Waals surface area contributed by atoms with Gasteiger partial charge in [0.1, 0.15) is 5.52 Å². The second-order valence-electron chi connectivity index (χ2n) is 5.88. The van der Waals surface area contributed by atoms with Gasteiger partial charge in [0.25, 0.3) is 0 Å². The van der Waals surface area contributed by atoms with Crippen molar-refractivity contribution in [2.45, 2.75) is 38.2 Å². The van der Waals surface area contributed by atoms with Crippen molar-refractivity contribution in [1.82, 2.24) is 15.2 Å². The van der Waals surface area contributed by atoms with E-state index in [1.807, 2.05) is 24.3 Å². The van der Waals surface area contributed by atoms with Crippen molar-refractivity contribution in [2.75, 3.05) is 11.9 Å². The molecule has 5 heteroatoms. The van der Waals surface area contributed by atoms with Gasteiger partial charge in [0, 0.05) is 6.54 Å². The molecule has 5 nitrogen and oxygen atoms in total. The predicted octanol–water partition coefficient (Wildman–Crippen LogP) is 2.38. The fourth-order valence-electron chi connectivity index (χ4n) is 2.68. The van der Waals surface area contributed by atoms with Gasteiger partial charge >= 0.3 is 0 Å². The van der Waals surface area contributed by atoms with E-state index in [9.17, 15) is 5.11 Å². The zero-order valence-corrected chi connectivity index (χ0v) is 11.7. The zero-order chi connectivity index (χ0) is 14.0. The maximum atomic E-state index is 10.5. The van der Waals surface area contributed by atoms with Gasteiger partial charge in [-0.3, -0.25) is 0 Å². The number of anilines is 1. The van der Waals surface area contributed by atoms with Crippen LogP contribution < -0.4 is 5.32 Å². The van der Waals surface area contributed by atoms with Crippen LogP contribution in [0.15, 0.2) is 24.3 Å². The number of nitrogens with one attached hydrogen (secondary N) is 1. The Kier molecular flexibility index (Phi) is 3.53. The van der Waals surface area contributed by atoms with Crippen LogP contribution in [0.4, 0.5) is 5.95 Å². The third kappa shape index (κ3) is 2.88. The number of hydrogen-bond donors (Lipinski definition) is 2. The molecule has 1 fully saturated rings. The van der Waals surface area contributed by atoms with Crippen LogP contribution in [0.2, 0.25) is 0 Å². The maximum Gasteiger partial charge on any atom is 0.243 e. The van der Waals surface area contributed by atoms with Gasteiger partial charge in [-0.05, 0) is 43.7 Å². The number of fused-ring (bicyclic) bond motifs is 1. The van der Waals surface area contributed by atoms with Crippen LogP contribution >= 0.6 is 0 Å². The van der Waals surface area contributed by atoms with E-state index in [0.717, 1.165) is 36.7 Å². The van der Waals surface area contributed by atoms with Crippen LogP contribution in [0.25, 0.3) is 11.0 Å². The second kappa shape index (κ2) is 5.32. The summed E-state index contributed by atoms with van der Waals surface area (Å²) in [6.45, 7) is 2.73. The van der Waals surface area contributed by atoms with Crippen LogP contribution in [0.3, 0.4) is 0 Å². The summed E-state index contributed by atoms with van der Waals surface area (Å²) in [6, 6.07) is 7.63. The monoisotopic (exact) mass is 272 g/mol. The van der Waals surface area contributed by atoms with Crippen LogP contribution in [0.5, 0.6) is 0 Å². The maximum absolute atomic E-state index is 10.5. The number of rotatable bonds is 3. The normalized spacial score (nSPS) is 26.6. The molecule has 1 aromatic carbocycles. The predicted molar refractivity (Wildman–Crippen MR) is 78.4 cm³/mol.